The zero-order valence-corrected chi connectivity index (χ0v) is 18.3. The van der Waals surface area contributed by atoms with Crippen LogP contribution < -0.4 is 24.3 Å². The zero-order chi connectivity index (χ0) is 22.4. The smallest absolute Gasteiger partial charge is 0.255 e. The van der Waals surface area contributed by atoms with Crippen LogP contribution in [0.3, 0.4) is 0 Å². The van der Waals surface area contributed by atoms with Crippen molar-refractivity contribution in [3.05, 3.63) is 65.9 Å². The number of carbonyl (C=O) groups is 1. The lowest BCUT2D eigenvalue weighted by molar-refractivity contribution is 0.102. The largest absolute Gasteiger partial charge is 0.493 e. The highest BCUT2D eigenvalue weighted by Gasteiger charge is 2.13. The van der Waals surface area contributed by atoms with E-state index in [4.69, 9.17) is 18.9 Å². The predicted molar refractivity (Wildman–Crippen MR) is 119 cm³/mol. The molecule has 1 amide bonds. The molecule has 1 N–H and O–H groups in total. The molecule has 3 rings (SSSR count). The molecule has 0 fully saturated rings. The maximum Gasteiger partial charge on any atom is 0.255 e. The van der Waals surface area contributed by atoms with Gasteiger partial charge in [-0.05, 0) is 62.7 Å². The van der Waals surface area contributed by atoms with Crippen LogP contribution in [0.1, 0.15) is 29.8 Å². The van der Waals surface area contributed by atoms with E-state index in [1.54, 1.807) is 37.4 Å². The number of carbonyl (C=O) groups excluding carboxylic acids is 1. The molecular weight excluding hydrogens is 396 g/mol. The van der Waals surface area contributed by atoms with Crippen LogP contribution in [0.2, 0.25) is 0 Å². The van der Waals surface area contributed by atoms with E-state index in [0.29, 0.717) is 40.1 Å². The summed E-state index contributed by atoms with van der Waals surface area (Å²) in [5.74, 6) is 2.37. The van der Waals surface area contributed by atoms with Crippen molar-refractivity contribution in [1.82, 2.24) is 4.98 Å². The van der Waals surface area contributed by atoms with Crippen molar-refractivity contribution in [1.29, 1.82) is 0 Å². The van der Waals surface area contributed by atoms with Crippen molar-refractivity contribution in [2.45, 2.75) is 26.9 Å². The van der Waals surface area contributed by atoms with E-state index < -0.39 is 0 Å². The summed E-state index contributed by atoms with van der Waals surface area (Å²) in [6.07, 6.45) is 1.53. The summed E-state index contributed by atoms with van der Waals surface area (Å²) < 4.78 is 22.2. The van der Waals surface area contributed by atoms with E-state index in [9.17, 15) is 4.79 Å². The second kappa shape index (κ2) is 9.84. The van der Waals surface area contributed by atoms with E-state index in [0.717, 1.165) is 5.56 Å². The SMILES string of the molecule is COc1cc(C)ccc1Oc1ccc(NC(=O)c2ccc(OC(C)C)c(OC)c2)cn1. The number of nitrogens with one attached hydrogen (secondary N) is 1. The Balaban J connectivity index is 1.69. The monoisotopic (exact) mass is 422 g/mol. The van der Waals surface area contributed by atoms with Crippen molar-refractivity contribution >= 4 is 11.6 Å². The third-order valence-corrected chi connectivity index (χ3v) is 4.32. The van der Waals surface area contributed by atoms with Crippen LogP contribution in [-0.2, 0) is 0 Å². The summed E-state index contributed by atoms with van der Waals surface area (Å²) in [7, 11) is 3.13. The lowest BCUT2D eigenvalue weighted by Crippen LogP contribution is -2.13. The molecule has 7 heteroatoms. The van der Waals surface area contributed by atoms with Crippen LogP contribution in [0, 0.1) is 6.92 Å². The van der Waals surface area contributed by atoms with Crippen LogP contribution in [0.15, 0.2) is 54.7 Å². The third kappa shape index (κ3) is 5.66. The van der Waals surface area contributed by atoms with Crippen LogP contribution in [0.5, 0.6) is 28.9 Å². The molecule has 2 aromatic carbocycles. The van der Waals surface area contributed by atoms with E-state index >= 15 is 0 Å². The maximum absolute atomic E-state index is 12.6. The Bertz CT molecular complexity index is 1050. The Hall–Kier alpha value is -3.74. The summed E-state index contributed by atoms with van der Waals surface area (Å²) in [6.45, 7) is 5.83. The van der Waals surface area contributed by atoms with Gasteiger partial charge < -0.3 is 24.3 Å². The second-order valence-electron chi connectivity index (χ2n) is 7.13. The quantitative estimate of drug-likeness (QED) is 0.535. The average molecular weight is 422 g/mol. The molecule has 1 aromatic heterocycles. The fraction of sp³-hybridized carbons (Fsp3) is 0.250. The summed E-state index contributed by atoms with van der Waals surface area (Å²) in [6, 6.07) is 14.1. The van der Waals surface area contributed by atoms with Crippen LogP contribution in [0.4, 0.5) is 5.69 Å². The van der Waals surface area contributed by atoms with Gasteiger partial charge in [0.15, 0.2) is 23.0 Å². The molecule has 0 saturated heterocycles. The van der Waals surface area contributed by atoms with Gasteiger partial charge in [-0.2, -0.15) is 0 Å². The molecule has 0 bridgehead atoms. The predicted octanol–water partition coefficient (Wildman–Crippen LogP) is 5.24. The molecule has 3 aromatic rings. The van der Waals surface area contributed by atoms with Crippen LogP contribution in [0.25, 0.3) is 0 Å². The van der Waals surface area contributed by atoms with Crippen molar-refractivity contribution in [3.8, 4) is 28.9 Å². The first-order valence-electron chi connectivity index (χ1n) is 9.84. The molecule has 0 radical (unpaired) electrons. The lowest BCUT2D eigenvalue weighted by Gasteiger charge is -2.14. The lowest BCUT2D eigenvalue weighted by atomic mass is 10.2. The zero-order valence-electron chi connectivity index (χ0n) is 18.3. The number of amides is 1. The van der Waals surface area contributed by atoms with Gasteiger partial charge in [0, 0.05) is 11.6 Å². The van der Waals surface area contributed by atoms with Gasteiger partial charge in [-0.1, -0.05) is 6.07 Å². The molecular formula is C24H26N2O5. The number of hydrogen-bond acceptors (Lipinski definition) is 6. The molecule has 0 atom stereocenters. The average Bonchev–Trinajstić information content (AvgIpc) is 2.76. The first-order chi connectivity index (χ1) is 14.9. The minimum absolute atomic E-state index is 0.000243. The number of aromatic nitrogens is 1. The first kappa shape index (κ1) is 22.0. The molecule has 0 aliphatic rings. The van der Waals surface area contributed by atoms with Gasteiger partial charge in [0.05, 0.1) is 32.2 Å². The van der Waals surface area contributed by atoms with Gasteiger partial charge in [-0.3, -0.25) is 4.79 Å². The molecule has 1 heterocycles. The molecule has 0 aliphatic carbocycles. The number of aryl methyl sites for hydroxylation is 1. The number of ether oxygens (including phenoxy) is 4. The highest BCUT2D eigenvalue weighted by molar-refractivity contribution is 6.04. The maximum atomic E-state index is 12.6. The number of nitrogens with zero attached hydrogens (tertiary/aromatic N) is 1. The van der Waals surface area contributed by atoms with Gasteiger partial charge in [-0.15, -0.1) is 0 Å². The number of benzene rings is 2. The molecule has 31 heavy (non-hydrogen) atoms. The van der Waals surface area contributed by atoms with Crippen molar-refractivity contribution in [2.24, 2.45) is 0 Å². The Morgan fingerprint density at radius 3 is 2.26 bits per heavy atom. The Morgan fingerprint density at radius 1 is 0.903 bits per heavy atom. The van der Waals surface area contributed by atoms with Gasteiger partial charge >= 0.3 is 0 Å². The number of pyridine rings is 1. The minimum Gasteiger partial charge on any atom is -0.493 e. The normalized spacial score (nSPS) is 10.5. The third-order valence-electron chi connectivity index (χ3n) is 4.32. The van der Waals surface area contributed by atoms with E-state index in [2.05, 4.69) is 10.3 Å². The molecule has 7 nitrogen and oxygen atoms in total. The number of anilines is 1. The molecule has 0 unspecified atom stereocenters. The van der Waals surface area contributed by atoms with E-state index in [1.807, 2.05) is 39.0 Å². The minimum atomic E-state index is -0.287. The van der Waals surface area contributed by atoms with E-state index in [1.165, 1.54) is 13.3 Å². The highest BCUT2D eigenvalue weighted by atomic mass is 16.5. The van der Waals surface area contributed by atoms with Crippen molar-refractivity contribution in [2.75, 3.05) is 19.5 Å². The second-order valence-corrected chi connectivity index (χ2v) is 7.13. The van der Waals surface area contributed by atoms with Gasteiger partial charge in [0.25, 0.3) is 5.91 Å². The summed E-state index contributed by atoms with van der Waals surface area (Å²) >= 11 is 0. The number of methoxy groups -OCH3 is 2. The van der Waals surface area contributed by atoms with Crippen molar-refractivity contribution < 1.29 is 23.7 Å². The summed E-state index contributed by atoms with van der Waals surface area (Å²) in [5, 5.41) is 2.81. The summed E-state index contributed by atoms with van der Waals surface area (Å²) in [4.78, 5) is 16.9. The Kier molecular flexibility index (Phi) is 6.97. The van der Waals surface area contributed by atoms with Crippen LogP contribution in [-0.4, -0.2) is 31.2 Å². The number of rotatable bonds is 8. The van der Waals surface area contributed by atoms with Gasteiger partial charge in [0.1, 0.15) is 0 Å². The topological polar surface area (TPSA) is 78.9 Å². The first-order valence-corrected chi connectivity index (χ1v) is 9.84. The highest BCUT2D eigenvalue weighted by Crippen LogP contribution is 2.32. The fourth-order valence-corrected chi connectivity index (χ4v) is 2.85. The summed E-state index contributed by atoms with van der Waals surface area (Å²) in [5.41, 5.74) is 2.04. The Labute approximate surface area is 181 Å². The molecule has 0 aliphatic heterocycles. The fourth-order valence-electron chi connectivity index (χ4n) is 2.85. The van der Waals surface area contributed by atoms with Crippen LogP contribution >= 0.6 is 0 Å². The van der Waals surface area contributed by atoms with Crippen molar-refractivity contribution in [3.63, 3.8) is 0 Å². The standard InChI is InChI=1S/C24H26N2O5/c1-15(2)30-19-10-7-17(13-22(19)29-5)24(27)26-18-8-11-23(25-14-18)31-20-9-6-16(3)12-21(20)28-4/h6-15H,1-5H3,(H,26,27). The Morgan fingerprint density at radius 2 is 1.61 bits per heavy atom. The molecule has 162 valence electrons. The van der Waals surface area contributed by atoms with Gasteiger partial charge in [0.2, 0.25) is 5.88 Å². The molecule has 0 spiro atoms. The van der Waals surface area contributed by atoms with E-state index in [-0.39, 0.29) is 12.0 Å². The number of hydrogen-bond donors (Lipinski definition) is 1. The van der Waals surface area contributed by atoms with Gasteiger partial charge in [-0.25, -0.2) is 4.98 Å². The molecule has 0 saturated carbocycles.